The lowest BCUT2D eigenvalue weighted by atomic mass is 10.3. The van der Waals surface area contributed by atoms with E-state index in [-0.39, 0.29) is 11.7 Å². The molecule has 1 fully saturated rings. The molecule has 1 aliphatic rings. The summed E-state index contributed by atoms with van der Waals surface area (Å²) in [6.07, 6.45) is 0. The smallest absolute Gasteiger partial charge is 0.321 e. The minimum atomic E-state index is -0.992. The third kappa shape index (κ3) is 4.42. The lowest BCUT2D eigenvalue weighted by Gasteiger charge is -2.35. The minimum Gasteiger partial charge on any atom is -0.363 e. The molecule has 7 nitrogen and oxygen atoms in total. The van der Waals surface area contributed by atoms with Crippen molar-refractivity contribution in [2.75, 3.05) is 55.4 Å². The Bertz CT molecular complexity index is 837. The van der Waals surface area contributed by atoms with Gasteiger partial charge in [0.05, 0.1) is 0 Å². The van der Waals surface area contributed by atoms with Crippen LogP contribution in [0.1, 0.15) is 5.82 Å². The lowest BCUT2D eigenvalue weighted by molar-refractivity contribution is 0.208. The van der Waals surface area contributed by atoms with Crippen LogP contribution in [0.5, 0.6) is 0 Å². The first-order valence-corrected chi connectivity index (χ1v) is 8.62. The van der Waals surface area contributed by atoms with Crippen molar-refractivity contribution in [2.45, 2.75) is 6.92 Å². The van der Waals surface area contributed by atoms with Crippen LogP contribution < -0.4 is 15.1 Å². The normalized spacial score (nSPS) is 14.3. The fraction of sp³-hybridized carbons (Fsp3) is 0.389. The molecule has 1 aromatic heterocycles. The molecule has 0 unspecified atom stereocenters. The number of hydrogen-bond donors (Lipinski definition) is 1. The van der Waals surface area contributed by atoms with Gasteiger partial charge in [-0.25, -0.2) is 23.5 Å². The van der Waals surface area contributed by atoms with Crippen LogP contribution in [0, 0.1) is 18.6 Å². The van der Waals surface area contributed by atoms with E-state index in [1.165, 1.54) is 6.07 Å². The highest BCUT2D eigenvalue weighted by Crippen LogP contribution is 2.20. The topological polar surface area (TPSA) is 64.6 Å². The molecule has 1 saturated heterocycles. The molecule has 27 heavy (non-hydrogen) atoms. The number of hydrogen-bond acceptors (Lipinski definition) is 5. The van der Waals surface area contributed by atoms with Gasteiger partial charge in [0.1, 0.15) is 17.5 Å². The Hall–Kier alpha value is -2.97. The van der Waals surface area contributed by atoms with E-state index in [1.807, 2.05) is 32.0 Å². The molecule has 2 aromatic rings. The fourth-order valence-electron chi connectivity index (χ4n) is 2.84. The zero-order valence-corrected chi connectivity index (χ0v) is 15.5. The van der Waals surface area contributed by atoms with E-state index in [9.17, 15) is 13.6 Å². The molecule has 2 heterocycles. The zero-order valence-electron chi connectivity index (χ0n) is 15.5. The molecule has 9 heteroatoms. The third-order valence-electron chi connectivity index (χ3n) is 4.33. The number of aryl methyl sites for hydroxylation is 1. The van der Waals surface area contributed by atoms with E-state index in [0.29, 0.717) is 32.0 Å². The molecule has 1 aliphatic heterocycles. The maximum absolute atomic E-state index is 13.3. The van der Waals surface area contributed by atoms with Crippen molar-refractivity contribution >= 4 is 23.4 Å². The molecule has 1 aromatic carbocycles. The van der Waals surface area contributed by atoms with Gasteiger partial charge in [-0.1, -0.05) is 0 Å². The third-order valence-corrected chi connectivity index (χ3v) is 4.33. The van der Waals surface area contributed by atoms with E-state index in [4.69, 9.17) is 0 Å². The number of benzene rings is 1. The summed E-state index contributed by atoms with van der Waals surface area (Å²) in [5, 5.41) is 2.60. The van der Waals surface area contributed by atoms with Crippen LogP contribution >= 0.6 is 0 Å². The maximum atomic E-state index is 13.3. The van der Waals surface area contributed by atoms with E-state index >= 15 is 0 Å². The average Bonchev–Trinajstić information content (AvgIpc) is 2.64. The molecule has 0 aliphatic carbocycles. The molecule has 0 spiro atoms. The number of halogens is 2. The number of nitrogens with one attached hydrogen (secondary N) is 1. The molecule has 0 radical (unpaired) electrons. The second-order valence-corrected chi connectivity index (χ2v) is 6.56. The molecule has 3 rings (SSSR count). The van der Waals surface area contributed by atoms with Crippen molar-refractivity contribution in [3.05, 3.63) is 41.7 Å². The Morgan fingerprint density at radius 2 is 1.78 bits per heavy atom. The number of carbonyl (C=O) groups excluding carboxylic acids is 1. The molecular weight excluding hydrogens is 354 g/mol. The van der Waals surface area contributed by atoms with Gasteiger partial charge in [-0.2, -0.15) is 0 Å². The quantitative estimate of drug-likeness (QED) is 0.892. The first kappa shape index (κ1) is 18.8. The highest BCUT2D eigenvalue weighted by Gasteiger charge is 2.23. The molecule has 0 saturated carbocycles. The SMILES string of the molecule is Cc1nc(N(C)C)cc(N2CCN(C(=O)Nc3ccc(F)c(F)c3)CC2)n1. The monoisotopic (exact) mass is 376 g/mol. The molecule has 0 atom stereocenters. The summed E-state index contributed by atoms with van der Waals surface area (Å²) in [6, 6.07) is 4.87. The summed E-state index contributed by atoms with van der Waals surface area (Å²) in [6.45, 7) is 4.08. The van der Waals surface area contributed by atoms with Crippen LogP contribution in [0.4, 0.5) is 30.9 Å². The Morgan fingerprint density at radius 3 is 2.41 bits per heavy atom. The van der Waals surface area contributed by atoms with E-state index in [2.05, 4.69) is 20.2 Å². The van der Waals surface area contributed by atoms with Gasteiger partial charge in [0, 0.05) is 58.1 Å². The van der Waals surface area contributed by atoms with Gasteiger partial charge in [-0.15, -0.1) is 0 Å². The van der Waals surface area contributed by atoms with Crippen LogP contribution in [0.25, 0.3) is 0 Å². The van der Waals surface area contributed by atoms with Crippen LogP contribution in [0.15, 0.2) is 24.3 Å². The summed E-state index contributed by atoms with van der Waals surface area (Å²) < 4.78 is 26.3. The highest BCUT2D eigenvalue weighted by atomic mass is 19.2. The fourth-order valence-corrected chi connectivity index (χ4v) is 2.84. The van der Waals surface area contributed by atoms with Gasteiger partial charge in [0.2, 0.25) is 0 Å². The minimum absolute atomic E-state index is 0.225. The zero-order chi connectivity index (χ0) is 19.6. The van der Waals surface area contributed by atoms with Crippen LogP contribution in [-0.4, -0.2) is 61.2 Å². The number of piperazine rings is 1. The summed E-state index contributed by atoms with van der Waals surface area (Å²) in [7, 11) is 3.85. The van der Waals surface area contributed by atoms with E-state index < -0.39 is 11.6 Å². The Morgan fingerprint density at radius 1 is 1.07 bits per heavy atom. The lowest BCUT2D eigenvalue weighted by Crippen LogP contribution is -2.50. The number of aromatic nitrogens is 2. The highest BCUT2D eigenvalue weighted by molar-refractivity contribution is 5.89. The van der Waals surface area contributed by atoms with Crippen molar-refractivity contribution in [1.82, 2.24) is 14.9 Å². The largest absolute Gasteiger partial charge is 0.363 e. The first-order valence-electron chi connectivity index (χ1n) is 8.62. The molecular formula is C18H22F2N6O. The summed E-state index contributed by atoms with van der Waals surface area (Å²) in [4.78, 5) is 26.9. The number of carbonyl (C=O) groups is 1. The predicted octanol–water partition coefficient (Wildman–Crippen LogP) is 2.48. The first-order chi connectivity index (χ1) is 12.8. The number of urea groups is 1. The molecule has 0 bridgehead atoms. The van der Waals surface area contributed by atoms with Crippen molar-refractivity contribution < 1.29 is 13.6 Å². The van der Waals surface area contributed by atoms with Crippen molar-refractivity contribution in [2.24, 2.45) is 0 Å². The van der Waals surface area contributed by atoms with E-state index in [0.717, 1.165) is 23.8 Å². The summed E-state index contributed by atoms with van der Waals surface area (Å²) in [5.41, 5.74) is 0.225. The van der Waals surface area contributed by atoms with Gasteiger partial charge < -0.3 is 20.0 Å². The van der Waals surface area contributed by atoms with Gasteiger partial charge in [0.25, 0.3) is 0 Å². The van der Waals surface area contributed by atoms with Gasteiger partial charge in [0.15, 0.2) is 11.6 Å². The summed E-state index contributed by atoms with van der Waals surface area (Å²) in [5.74, 6) is 0.407. The second-order valence-electron chi connectivity index (χ2n) is 6.56. The van der Waals surface area contributed by atoms with Gasteiger partial charge in [-0.3, -0.25) is 0 Å². The van der Waals surface area contributed by atoms with Crippen LogP contribution in [-0.2, 0) is 0 Å². The molecule has 1 N–H and O–H groups in total. The molecule has 2 amide bonds. The number of nitrogens with zero attached hydrogens (tertiary/aromatic N) is 5. The predicted molar refractivity (Wildman–Crippen MR) is 100 cm³/mol. The number of anilines is 3. The maximum Gasteiger partial charge on any atom is 0.321 e. The Labute approximate surface area is 156 Å². The Kier molecular flexibility index (Phi) is 5.38. The Balaban J connectivity index is 1.61. The standard InChI is InChI=1S/C18H22F2N6O/c1-12-21-16(24(2)3)11-17(22-12)25-6-8-26(9-7-25)18(27)23-13-4-5-14(19)15(20)10-13/h4-5,10-11H,6-9H2,1-3H3,(H,23,27). The van der Waals surface area contributed by atoms with Crippen LogP contribution in [0.2, 0.25) is 0 Å². The van der Waals surface area contributed by atoms with Crippen molar-refractivity contribution in [1.29, 1.82) is 0 Å². The van der Waals surface area contributed by atoms with Gasteiger partial charge in [-0.05, 0) is 19.1 Å². The van der Waals surface area contributed by atoms with Crippen LogP contribution in [0.3, 0.4) is 0 Å². The van der Waals surface area contributed by atoms with Crippen molar-refractivity contribution in [3.63, 3.8) is 0 Å². The number of amides is 2. The summed E-state index contributed by atoms with van der Waals surface area (Å²) >= 11 is 0. The van der Waals surface area contributed by atoms with E-state index in [1.54, 1.807) is 4.90 Å². The molecule has 144 valence electrons. The number of rotatable bonds is 3. The average molecular weight is 376 g/mol. The second kappa shape index (κ2) is 7.73. The van der Waals surface area contributed by atoms with Gasteiger partial charge >= 0.3 is 6.03 Å². The van der Waals surface area contributed by atoms with Crippen molar-refractivity contribution in [3.8, 4) is 0 Å².